The Hall–Kier alpha value is -1.72. The van der Waals surface area contributed by atoms with Gasteiger partial charge in [-0.1, -0.05) is 6.92 Å². The smallest absolute Gasteiger partial charge is 0.405 e. The third-order valence-corrected chi connectivity index (χ3v) is 2.53. The first kappa shape index (κ1) is 12.7. The summed E-state index contributed by atoms with van der Waals surface area (Å²) in [4.78, 5) is 0. The zero-order valence-electron chi connectivity index (χ0n) is 9.59. The van der Waals surface area contributed by atoms with Gasteiger partial charge < -0.3 is 9.30 Å². The van der Waals surface area contributed by atoms with Gasteiger partial charge in [-0.3, -0.25) is 0 Å². The third kappa shape index (κ3) is 2.42. The second kappa shape index (κ2) is 4.51. The Morgan fingerprint density at radius 2 is 1.94 bits per heavy atom. The number of rotatable bonds is 3. The van der Waals surface area contributed by atoms with Crippen LogP contribution in [0.3, 0.4) is 0 Å². The lowest BCUT2D eigenvalue weighted by atomic mass is 10.2. The third-order valence-electron chi connectivity index (χ3n) is 2.53. The Labute approximate surface area is 101 Å². The van der Waals surface area contributed by atoms with Crippen LogP contribution in [0.1, 0.15) is 13.3 Å². The molecule has 2 nitrogen and oxygen atoms in total. The van der Waals surface area contributed by atoms with Crippen molar-refractivity contribution < 1.29 is 22.3 Å². The lowest BCUT2D eigenvalue weighted by molar-refractivity contribution is -0.274. The van der Waals surface area contributed by atoms with Gasteiger partial charge in [-0.2, -0.15) is 0 Å². The predicted octanol–water partition coefficient (Wildman–Crippen LogP) is 4.09. The van der Waals surface area contributed by atoms with Crippen molar-refractivity contribution in [1.29, 1.82) is 0 Å². The molecule has 0 bridgehead atoms. The number of ether oxygens (including phenoxy) is 1. The fourth-order valence-corrected chi connectivity index (χ4v) is 1.90. The van der Waals surface area contributed by atoms with Crippen LogP contribution in [0.25, 0.3) is 10.9 Å². The zero-order valence-corrected chi connectivity index (χ0v) is 9.59. The molecular formula is C12H11F4NO. The first-order valence-corrected chi connectivity index (χ1v) is 5.45. The zero-order chi connectivity index (χ0) is 13.3. The van der Waals surface area contributed by atoms with Crippen molar-refractivity contribution in [2.75, 3.05) is 0 Å². The molecule has 0 N–H and O–H groups in total. The van der Waals surface area contributed by atoms with Gasteiger partial charge in [0.25, 0.3) is 0 Å². The highest BCUT2D eigenvalue weighted by Gasteiger charge is 2.32. The van der Waals surface area contributed by atoms with Crippen molar-refractivity contribution in [3.05, 3.63) is 30.2 Å². The summed E-state index contributed by atoms with van der Waals surface area (Å²) in [7, 11) is 0. The molecule has 0 saturated heterocycles. The fourth-order valence-electron chi connectivity index (χ4n) is 1.90. The second-order valence-electron chi connectivity index (χ2n) is 3.86. The van der Waals surface area contributed by atoms with Crippen LogP contribution in [-0.4, -0.2) is 10.9 Å². The van der Waals surface area contributed by atoms with Gasteiger partial charge in [-0.25, -0.2) is 4.39 Å². The molecule has 1 aromatic carbocycles. The topological polar surface area (TPSA) is 14.2 Å². The quantitative estimate of drug-likeness (QED) is 0.759. The first-order valence-electron chi connectivity index (χ1n) is 5.45. The minimum atomic E-state index is -4.78. The molecule has 0 fully saturated rings. The van der Waals surface area contributed by atoms with E-state index >= 15 is 0 Å². The monoisotopic (exact) mass is 261 g/mol. The number of aryl methyl sites for hydroxylation is 1. The molecular weight excluding hydrogens is 250 g/mol. The predicted molar refractivity (Wildman–Crippen MR) is 58.9 cm³/mol. The Morgan fingerprint density at radius 1 is 1.22 bits per heavy atom. The Morgan fingerprint density at radius 3 is 2.56 bits per heavy atom. The average Bonchev–Trinajstić information content (AvgIpc) is 2.66. The lowest BCUT2D eigenvalue weighted by Gasteiger charge is -2.11. The number of hydrogen-bond acceptors (Lipinski definition) is 1. The number of nitrogens with zero attached hydrogens (tertiary/aromatic N) is 1. The Kier molecular flexibility index (Phi) is 3.19. The maximum Gasteiger partial charge on any atom is 0.573 e. The molecule has 1 aromatic heterocycles. The summed E-state index contributed by atoms with van der Waals surface area (Å²) in [5.74, 6) is -0.938. The van der Waals surface area contributed by atoms with E-state index in [1.807, 2.05) is 6.92 Å². The van der Waals surface area contributed by atoms with E-state index in [1.165, 1.54) is 6.07 Å². The number of halogens is 4. The summed E-state index contributed by atoms with van der Waals surface area (Å²) in [5, 5.41) is 0.126. The van der Waals surface area contributed by atoms with Gasteiger partial charge in [-0.15, -0.1) is 13.2 Å². The van der Waals surface area contributed by atoms with Gasteiger partial charge in [0.05, 0.1) is 5.52 Å². The Balaban J connectivity index is 2.54. The number of benzene rings is 1. The molecule has 0 unspecified atom stereocenters. The van der Waals surface area contributed by atoms with E-state index in [2.05, 4.69) is 4.74 Å². The van der Waals surface area contributed by atoms with Gasteiger partial charge in [-0.05, 0) is 24.6 Å². The van der Waals surface area contributed by atoms with Gasteiger partial charge >= 0.3 is 6.36 Å². The van der Waals surface area contributed by atoms with Crippen molar-refractivity contribution in [3.8, 4) is 5.75 Å². The maximum absolute atomic E-state index is 13.7. The highest BCUT2D eigenvalue weighted by molar-refractivity contribution is 5.87. The summed E-state index contributed by atoms with van der Waals surface area (Å²) < 4.78 is 55.7. The number of hydrogen-bond donors (Lipinski definition) is 0. The lowest BCUT2D eigenvalue weighted by Crippen LogP contribution is -2.17. The van der Waals surface area contributed by atoms with E-state index in [9.17, 15) is 17.6 Å². The molecule has 2 rings (SSSR count). The molecule has 0 aliphatic rings. The van der Waals surface area contributed by atoms with Gasteiger partial charge in [0.2, 0.25) is 0 Å². The van der Waals surface area contributed by atoms with E-state index < -0.39 is 12.2 Å². The summed E-state index contributed by atoms with van der Waals surface area (Å²) in [6.07, 6.45) is -2.47. The van der Waals surface area contributed by atoms with Crippen molar-refractivity contribution >= 4 is 10.9 Å². The van der Waals surface area contributed by atoms with Crippen molar-refractivity contribution in [3.63, 3.8) is 0 Å². The van der Waals surface area contributed by atoms with Crippen LogP contribution < -0.4 is 4.74 Å². The minimum absolute atomic E-state index is 0.126. The molecule has 18 heavy (non-hydrogen) atoms. The molecule has 0 radical (unpaired) electrons. The minimum Gasteiger partial charge on any atom is -0.405 e. The summed E-state index contributed by atoms with van der Waals surface area (Å²) in [6, 6.07) is 3.39. The van der Waals surface area contributed by atoms with Crippen LogP contribution >= 0.6 is 0 Å². The molecule has 6 heteroatoms. The number of aromatic nitrogens is 1. The molecule has 1 heterocycles. The van der Waals surface area contributed by atoms with Crippen LogP contribution in [0.5, 0.6) is 5.75 Å². The molecule has 0 atom stereocenters. The molecule has 2 aromatic rings. The number of fused-ring (bicyclic) bond motifs is 1. The molecule has 0 aliphatic carbocycles. The summed E-state index contributed by atoms with van der Waals surface area (Å²) in [6.45, 7) is 2.44. The van der Waals surface area contributed by atoms with Crippen molar-refractivity contribution in [1.82, 2.24) is 4.57 Å². The van der Waals surface area contributed by atoms with Crippen LogP contribution in [0.2, 0.25) is 0 Å². The largest absolute Gasteiger partial charge is 0.573 e. The molecule has 0 saturated carbocycles. The standard InChI is InChI=1S/C12H11F4NO/c1-2-6-17-7-5-8-10(18-12(14,15)16)4-3-9(13)11(8)17/h3-5,7H,2,6H2,1H3. The van der Waals surface area contributed by atoms with E-state index in [1.54, 1.807) is 10.8 Å². The van der Waals surface area contributed by atoms with Gasteiger partial charge in [0, 0.05) is 18.1 Å². The summed E-state index contributed by atoms with van der Waals surface area (Å²) in [5.41, 5.74) is 0.138. The van der Waals surface area contributed by atoms with Crippen LogP contribution in [0.4, 0.5) is 17.6 Å². The molecule has 0 spiro atoms. The SMILES string of the molecule is CCCn1ccc2c(OC(F)(F)F)ccc(F)c21. The van der Waals surface area contributed by atoms with E-state index in [0.717, 1.165) is 18.6 Å². The van der Waals surface area contributed by atoms with Crippen molar-refractivity contribution in [2.45, 2.75) is 26.3 Å². The highest BCUT2D eigenvalue weighted by Crippen LogP contribution is 2.32. The normalized spacial score (nSPS) is 12.1. The van der Waals surface area contributed by atoms with E-state index in [0.29, 0.717) is 6.54 Å². The fraction of sp³-hybridized carbons (Fsp3) is 0.333. The molecule has 98 valence electrons. The van der Waals surface area contributed by atoms with Gasteiger partial charge in [0.1, 0.15) is 11.6 Å². The van der Waals surface area contributed by atoms with Gasteiger partial charge in [0.15, 0.2) is 0 Å². The first-order chi connectivity index (χ1) is 8.42. The van der Waals surface area contributed by atoms with Crippen LogP contribution in [-0.2, 0) is 6.54 Å². The van der Waals surface area contributed by atoms with E-state index in [4.69, 9.17) is 0 Å². The van der Waals surface area contributed by atoms with Crippen LogP contribution in [0, 0.1) is 5.82 Å². The van der Waals surface area contributed by atoms with Crippen LogP contribution in [0.15, 0.2) is 24.4 Å². The summed E-state index contributed by atoms with van der Waals surface area (Å²) >= 11 is 0. The number of alkyl halides is 3. The highest BCUT2D eigenvalue weighted by atomic mass is 19.4. The maximum atomic E-state index is 13.7. The van der Waals surface area contributed by atoms with E-state index in [-0.39, 0.29) is 16.7 Å². The molecule has 0 amide bonds. The Bertz CT molecular complexity index is 559. The van der Waals surface area contributed by atoms with Crippen molar-refractivity contribution in [2.24, 2.45) is 0 Å². The second-order valence-corrected chi connectivity index (χ2v) is 3.86. The molecule has 0 aliphatic heterocycles. The average molecular weight is 261 g/mol.